The Labute approximate surface area is 116 Å². The molecule has 2 aromatic rings. The van der Waals surface area contributed by atoms with Crippen LogP contribution in [0, 0.1) is 5.92 Å². The lowest BCUT2D eigenvalue weighted by atomic mass is 10.2. The van der Waals surface area contributed by atoms with Crippen LogP contribution in [-0.4, -0.2) is 27.1 Å². The summed E-state index contributed by atoms with van der Waals surface area (Å²) in [5.74, 6) is 1.62. The second kappa shape index (κ2) is 4.16. The lowest BCUT2D eigenvalue weighted by molar-refractivity contribution is 0.729. The molecule has 1 aliphatic heterocycles. The fourth-order valence-electron chi connectivity index (χ4n) is 3.10. The van der Waals surface area contributed by atoms with Crippen molar-refractivity contribution in [2.45, 2.75) is 18.9 Å². The third-order valence-electron chi connectivity index (χ3n) is 4.37. The van der Waals surface area contributed by atoms with E-state index in [1.807, 2.05) is 12.1 Å². The molecule has 3 heterocycles. The van der Waals surface area contributed by atoms with Gasteiger partial charge in [0.2, 0.25) is 5.95 Å². The average molecular weight is 268 g/mol. The lowest BCUT2D eigenvalue weighted by Crippen LogP contribution is -2.31. The van der Waals surface area contributed by atoms with Gasteiger partial charge < -0.3 is 4.90 Å². The van der Waals surface area contributed by atoms with Gasteiger partial charge in [0.05, 0.1) is 5.69 Å². The zero-order valence-corrected chi connectivity index (χ0v) is 11.4. The average Bonchev–Trinajstić information content (AvgIpc) is 3.14. The molecule has 2 aromatic heterocycles. The van der Waals surface area contributed by atoms with Gasteiger partial charge in [-0.15, -0.1) is 0 Å². The van der Waals surface area contributed by atoms with E-state index < -0.39 is 0 Å². The molecule has 4 rings (SSSR count). The molecule has 20 heavy (non-hydrogen) atoms. The van der Waals surface area contributed by atoms with E-state index >= 15 is 0 Å². The van der Waals surface area contributed by atoms with Gasteiger partial charge in [0.25, 0.3) is 5.56 Å². The van der Waals surface area contributed by atoms with E-state index in [1.165, 1.54) is 12.8 Å². The van der Waals surface area contributed by atoms with Crippen LogP contribution in [-0.2, 0) is 7.05 Å². The van der Waals surface area contributed by atoms with Crippen LogP contribution >= 0.6 is 0 Å². The number of pyridine rings is 1. The smallest absolute Gasteiger partial charge is 0.255 e. The van der Waals surface area contributed by atoms with E-state index in [0.29, 0.717) is 6.04 Å². The fourth-order valence-corrected chi connectivity index (χ4v) is 3.10. The summed E-state index contributed by atoms with van der Waals surface area (Å²) in [7, 11) is 1.80. The Morgan fingerprint density at radius 2 is 2.10 bits per heavy atom. The van der Waals surface area contributed by atoms with Gasteiger partial charge in [-0.2, -0.15) is 0 Å². The molecule has 0 aromatic carbocycles. The zero-order chi connectivity index (χ0) is 13.7. The van der Waals surface area contributed by atoms with E-state index in [4.69, 9.17) is 4.98 Å². The third kappa shape index (κ3) is 1.73. The molecule has 2 unspecified atom stereocenters. The number of piperidine rings is 1. The molecular weight excluding hydrogens is 252 g/mol. The first kappa shape index (κ1) is 11.6. The largest absolute Gasteiger partial charge is 0.339 e. The Balaban J connectivity index is 1.82. The maximum absolute atomic E-state index is 12.2. The summed E-state index contributed by atoms with van der Waals surface area (Å²) in [6, 6.07) is 5.96. The minimum absolute atomic E-state index is 0.00841. The van der Waals surface area contributed by atoms with Gasteiger partial charge >= 0.3 is 0 Å². The van der Waals surface area contributed by atoms with Gasteiger partial charge in [0.1, 0.15) is 0 Å². The molecule has 5 nitrogen and oxygen atoms in total. The molecule has 0 bridgehead atoms. The molecule has 0 N–H and O–H groups in total. The monoisotopic (exact) mass is 268 g/mol. The minimum atomic E-state index is -0.00841. The van der Waals surface area contributed by atoms with Crippen LogP contribution in [0.15, 0.2) is 35.4 Å². The molecular formula is C15H16N4O. The van der Waals surface area contributed by atoms with Crippen LogP contribution in [0.1, 0.15) is 12.8 Å². The first-order valence-corrected chi connectivity index (χ1v) is 6.99. The van der Waals surface area contributed by atoms with Crippen molar-refractivity contribution in [1.82, 2.24) is 14.5 Å². The second-order valence-electron chi connectivity index (χ2n) is 5.62. The van der Waals surface area contributed by atoms with Crippen molar-refractivity contribution in [3.63, 3.8) is 0 Å². The molecule has 102 valence electrons. The summed E-state index contributed by atoms with van der Waals surface area (Å²) in [5, 5.41) is 0. The van der Waals surface area contributed by atoms with Crippen LogP contribution in [0.3, 0.4) is 0 Å². The number of hydrogen-bond donors (Lipinski definition) is 0. The van der Waals surface area contributed by atoms with Crippen molar-refractivity contribution < 1.29 is 0 Å². The highest BCUT2D eigenvalue weighted by Crippen LogP contribution is 2.45. The topological polar surface area (TPSA) is 51.0 Å². The number of rotatable bonds is 2. The summed E-state index contributed by atoms with van der Waals surface area (Å²) >= 11 is 0. The van der Waals surface area contributed by atoms with Crippen molar-refractivity contribution in [3.05, 3.63) is 40.9 Å². The number of aromatic nitrogens is 3. The molecule has 1 aliphatic carbocycles. The summed E-state index contributed by atoms with van der Waals surface area (Å²) < 4.78 is 1.66. The van der Waals surface area contributed by atoms with Crippen molar-refractivity contribution in [3.8, 4) is 11.3 Å². The summed E-state index contributed by atoms with van der Waals surface area (Å²) in [4.78, 5) is 23.2. The van der Waals surface area contributed by atoms with E-state index in [0.717, 1.165) is 29.7 Å². The molecule has 2 aliphatic rings. The Hall–Kier alpha value is -2.17. The molecule has 1 saturated heterocycles. The standard InChI is InChI=1S/C15H16N4O/c1-18-14(20)9-12(10-2-5-16-6-3-10)17-15(18)19-7-4-11-8-13(11)19/h2-3,5-6,9,11,13H,4,7-8H2,1H3. The highest BCUT2D eigenvalue weighted by Gasteiger charge is 2.48. The van der Waals surface area contributed by atoms with Crippen LogP contribution < -0.4 is 10.5 Å². The number of fused-ring (bicyclic) bond motifs is 1. The predicted octanol–water partition coefficient (Wildman–Crippen LogP) is 1.44. The Morgan fingerprint density at radius 3 is 2.75 bits per heavy atom. The van der Waals surface area contributed by atoms with Crippen LogP contribution in [0.5, 0.6) is 0 Å². The molecule has 0 radical (unpaired) electrons. The van der Waals surface area contributed by atoms with Gasteiger partial charge in [-0.05, 0) is 30.9 Å². The second-order valence-corrected chi connectivity index (χ2v) is 5.62. The summed E-state index contributed by atoms with van der Waals surface area (Å²) in [5.41, 5.74) is 1.66. The van der Waals surface area contributed by atoms with Crippen molar-refractivity contribution >= 4 is 5.95 Å². The highest BCUT2D eigenvalue weighted by atomic mass is 16.1. The van der Waals surface area contributed by atoms with E-state index in [1.54, 1.807) is 30.1 Å². The molecule has 1 saturated carbocycles. The summed E-state index contributed by atoms with van der Waals surface area (Å²) in [6.07, 6.45) is 5.91. The van der Waals surface area contributed by atoms with E-state index in [-0.39, 0.29) is 5.56 Å². The van der Waals surface area contributed by atoms with Crippen LogP contribution in [0.4, 0.5) is 5.95 Å². The Bertz CT molecular complexity index is 710. The maximum atomic E-state index is 12.2. The normalized spacial score (nSPS) is 23.8. The molecule has 2 fully saturated rings. The minimum Gasteiger partial charge on any atom is -0.339 e. The van der Waals surface area contributed by atoms with Crippen molar-refractivity contribution in [2.24, 2.45) is 13.0 Å². The molecule has 5 heteroatoms. The van der Waals surface area contributed by atoms with E-state index in [2.05, 4.69) is 9.88 Å². The van der Waals surface area contributed by atoms with Crippen molar-refractivity contribution in [1.29, 1.82) is 0 Å². The first-order chi connectivity index (χ1) is 9.74. The van der Waals surface area contributed by atoms with Gasteiger partial charge in [0.15, 0.2) is 0 Å². The van der Waals surface area contributed by atoms with E-state index in [9.17, 15) is 4.79 Å². The number of nitrogens with zero attached hydrogens (tertiary/aromatic N) is 4. The quantitative estimate of drug-likeness (QED) is 0.827. The lowest BCUT2D eigenvalue weighted by Gasteiger charge is -2.22. The number of anilines is 1. The Kier molecular flexibility index (Phi) is 2.42. The maximum Gasteiger partial charge on any atom is 0.255 e. The first-order valence-electron chi connectivity index (χ1n) is 6.99. The SMILES string of the molecule is Cn1c(N2CCC3CC32)nc(-c2ccncc2)cc1=O. The molecule has 2 atom stereocenters. The summed E-state index contributed by atoms with van der Waals surface area (Å²) in [6.45, 7) is 1.01. The van der Waals surface area contributed by atoms with Crippen molar-refractivity contribution in [2.75, 3.05) is 11.4 Å². The van der Waals surface area contributed by atoms with Crippen LogP contribution in [0.25, 0.3) is 11.3 Å². The van der Waals surface area contributed by atoms with Crippen LogP contribution in [0.2, 0.25) is 0 Å². The zero-order valence-electron chi connectivity index (χ0n) is 11.4. The van der Waals surface area contributed by atoms with Gasteiger partial charge in [-0.25, -0.2) is 4.98 Å². The fraction of sp³-hybridized carbons (Fsp3) is 0.400. The highest BCUT2D eigenvalue weighted by molar-refractivity contribution is 5.60. The Morgan fingerprint density at radius 1 is 1.30 bits per heavy atom. The molecule has 0 spiro atoms. The van der Waals surface area contributed by atoms with Gasteiger partial charge in [-0.3, -0.25) is 14.3 Å². The van der Waals surface area contributed by atoms with Gasteiger partial charge in [0, 0.05) is 43.7 Å². The number of hydrogen-bond acceptors (Lipinski definition) is 4. The third-order valence-corrected chi connectivity index (χ3v) is 4.37. The molecule has 0 amide bonds. The predicted molar refractivity (Wildman–Crippen MR) is 76.6 cm³/mol. The van der Waals surface area contributed by atoms with Gasteiger partial charge in [-0.1, -0.05) is 0 Å².